The second kappa shape index (κ2) is 5.10. The van der Waals surface area contributed by atoms with Crippen LogP contribution in [0.2, 0.25) is 0 Å². The predicted molar refractivity (Wildman–Crippen MR) is 77.1 cm³/mol. The number of rotatable bonds is 3. The molecule has 0 aliphatic rings. The van der Waals surface area contributed by atoms with E-state index in [0.717, 1.165) is 5.69 Å². The number of nitrogens with two attached hydrogens (primary N) is 1. The van der Waals surface area contributed by atoms with Gasteiger partial charge in [-0.3, -0.25) is 0 Å². The summed E-state index contributed by atoms with van der Waals surface area (Å²) in [5.74, 6) is 0.665. The van der Waals surface area contributed by atoms with Gasteiger partial charge in [0.05, 0.1) is 12.4 Å². The van der Waals surface area contributed by atoms with E-state index in [0.29, 0.717) is 11.5 Å². The van der Waals surface area contributed by atoms with Crippen LogP contribution >= 0.6 is 12.2 Å². The molecule has 0 aliphatic heterocycles. The number of benzene rings is 1. The highest BCUT2D eigenvalue weighted by molar-refractivity contribution is 7.80. The fraction of sp³-hybridized carbons (Fsp3) is 0.154. The van der Waals surface area contributed by atoms with E-state index in [2.05, 4.69) is 41.3 Å². The van der Waals surface area contributed by atoms with E-state index >= 15 is 0 Å². The van der Waals surface area contributed by atoms with Crippen molar-refractivity contribution in [2.45, 2.75) is 13.8 Å². The van der Waals surface area contributed by atoms with Crippen molar-refractivity contribution in [1.82, 2.24) is 9.97 Å². The van der Waals surface area contributed by atoms with Crippen molar-refractivity contribution < 1.29 is 0 Å². The van der Waals surface area contributed by atoms with Gasteiger partial charge in [0.2, 0.25) is 0 Å². The Morgan fingerprint density at radius 3 is 2.50 bits per heavy atom. The van der Waals surface area contributed by atoms with Crippen LogP contribution in [0.1, 0.15) is 16.8 Å². The van der Waals surface area contributed by atoms with E-state index in [1.54, 1.807) is 12.4 Å². The fourth-order valence-electron chi connectivity index (χ4n) is 1.49. The monoisotopic (exact) mass is 258 g/mol. The van der Waals surface area contributed by atoms with Gasteiger partial charge in [0.1, 0.15) is 16.5 Å². The lowest BCUT2D eigenvalue weighted by Crippen LogP contribution is -2.12. The molecule has 0 aliphatic carbocycles. The highest BCUT2D eigenvalue weighted by Gasteiger charge is 2.01. The first-order valence-electron chi connectivity index (χ1n) is 5.52. The molecule has 92 valence electrons. The molecule has 0 unspecified atom stereocenters. The molecule has 0 spiro atoms. The maximum absolute atomic E-state index is 5.46. The average Bonchev–Trinajstić information content (AvgIpc) is 2.34. The molecule has 0 saturated carbocycles. The highest BCUT2D eigenvalue weighted by Crippen LogP contribution is 2.17. The van der Waals surface area contributed by atoms with Gasteiger partial charge in [0, 0.05) is 5.69 Å². The van der Waals surface area contributed by atoms with E-state index in [1.807, 2.05) is 6.07 Å². The Hall–Kier alpha value is -2.01. The molecule has 3 N–H and O–H groups in total. The molecule has 2 aromatic rings. The molecule has 0 saturated heterocycles. The third-order valence-corrected chi connectivity index (χ3v) is 2.89. The van der Waals surface area contributed by atoms with Crippen molar-refractivity contribution in [3.8, 4) is 0 Å². The Morgan fingerprint density at radius 2 is 1.94 bits per heavy atom. The van der Waals surface area contributed by atoms with Gasteiger partial charge in [-0.1, -0.05) is 18.3 Å². The molecule has 1 heterocycles. The summed E-state index contributed by atoms with van der Waals surface area (Å²) in [6, 6.07) is 6.14. The number of hydrogen-bond donors (Lipinski definition) is 2. The number of hydrogen-bond acceptors (Lipinski definition) is 4. The van der Waals surface area contributed by atoms with E-state index < -0.39 is 0 Å². The summed E-state index contributed by atoms with van der Waals surface area (Å²) in [7, 11) is 0. The molecule has 4 nitrogen and oxygen atoms in total. The zero-order valence-electron chi connectivity index (χ0n) is 10.3. The summed E-state index contributed by atoms with van der Waals surface area (Å²) in [4.78, 5) is 8.58. The maximum Gasteiger partial charge on any atom is 0.148 e. The van der Waals surface area contributed by atoms with Crippen molar-refractivity contribution in [2.24, 2.45) is 5.73 Å². The Balaban J connectivity index is 2.18. The SMILES string of the molecule is Cc1ccc(Nc2cnc(C(N)=S)cn2)cc1C. The van der Waals surface area contributed by atoms with Crippen LogP contribution in [0.4, 0.5) is 11.5 Å². The minimum Gasteiger partial charge on any atom is -0.388 e. The third-order valence-electron chi connectivity index (χ3n) is 2.68. The summed E-state index contributed by atoms with van der Waals surface area (Å²) in [5, 5.41) is 3.18. The Bertz CT molecular complexity index is 578. The second-order valence-electron chi connectivity index (χ2n) is 4.08. The van der Waals surface area contributed by atoms with Gasteiger partial charge in [0.15, 0.2) is 0 Å². The van der Waals surface area contributed by atoms with E-state index in [4.69, 9.17) is 18.0 Å². The van der Waals surface area contributed by atoms with Crippen LogP contribution in [-0.4, -0.2) is 15.0 Å². The Morgan fingerprint density at radius 1 is 1.17 bits per heavy atom. The van der Waals surface area contributed by atoms with E-state index in [9.17, 15) is 0 Å². The Labute approximate surface area is 111 Å². The summed E-state index contributed by atoms with van der Waals surface area (Å²) in [5.41, 5.74) is 9.46. The average molecular weight is 258 g/mol. The molecule has 0 radical (unpaired) electrons. The van der Waals surface area contributed by atoms with Crippen LogP contribution in [0.15, 0.2) is 30.6 Å². The van der Waals surface area contributed by atoms with Gasteiger partial charge in [-0.2, -0.15) is 0 Å². The zero-order chi connectivity index (χ0) is 13.1. The lowest BCUT2D eigenvalue weighted by atomic mass is 10.1. The van der Waals surface area contributed by atoms with Crippen molar-refractivity contribution >= 4 is 28.7 Å². The van der Waals surface area contributed by atoms with Crippen molar-refractivity contribution in [2.75, 3.05) is 5.32 Å². The van der Waals surface area contributed by atoms with Crippen LogP contribution in [0, 0.1) is 13.8 Å². The molecule has 0 fully saturated rings. The van der Waals surface area contributed by atoms with Crippen molar-refractivity contribution in [3.63, 3.8) is 0 Å². The van der Waals surface area contributed by atoms with Crippen LogP contribution in [0.25, 0.3) is 0 Å². The van der Waals surface area contributed by atoms with Crippen molar-refractivity contribution in [1.29, 1.82) is 0 Å². The minimum absolute atomic E-state index is 0.250. The van der Waals surface area contributed by atoms with Gasteiger partial charge in [-0.25, -0.2) is 9.97 Å². The first kappa shape index (κ1) is 12.4. The zero-order valence-corrected chi connectivity index (χ0v) is 11.1. The number of thiocarbonyl (C=S) groups is 1. The summed E-state index contributed by atoms with van der Waals surface area (Å²) >= 11 is 4.82. The first-order valence-corrected chi connectivity index (χ1v) is 5.93. The quantitative estimate of drug-likeness (QED) is 0.828. The molecule has 5 heteroatoms. The first-order chi connectivity index (χ1) is 8.56. The van der Waals surface area contributed by atoms with E-state index in [-0.39, 0.29) is 4.99 Å². The van der Waals surface area contributed by atoms with Crippen LogP contribution in [0.5, 0.6) is 0 Å². The molecule has 0 amide bonds. The summed E-state index contributed by atoms with van der Waals surface area (Å²) in [6.07, 6.45) is 3.18. The predicted octanol–water partition coefficient (Wildman–Crippen LogP) is 2.47. The van der Waals surface area contributed by atoms with Crippen LogP contribution in [-0.2, 0) is 0 Å². The topological polar surface area (TPSA) is 63.8 Å². The highest BCUT2D eigenvalue weighted by atomic mass is 32.1. The molecular formula is C13H14N4S. The van der Waals surface area contributed by atoms with Gasteiger partial charge < -0.3 is 11.1 Å². The molecule has 2 rings (SSSR count). The molecule has 0 atom stereocenters. The molecular weight excluding hydrogens is 244 g/mol. The van der Waals surface area contributed by atoms with Gasteiger partial charge in [-0.15, -0.1) is 0 Å². The smallest absolute Gasteiger partial charge is 0.148 e. The lowest BCUT2D eigenvalue weighted by molar-refractivity contribution is 1.18. The standard InChI is InChI=1S/C13H14N4S/c1-8-3-4-10(5-9(8)2)17-12-7-15-11(6-16-12)13(14)18/h3-7H,1-2H3,(H2,14,18)(H,16,17). The third kappa shape index (κ3) is 2.81. The molecule has 0 bridgehead atoms. The normalized spacial score (nSPS) is 10.1. The van der Waals surface area contributed by atoms with Gasteiger partial charge in [0.25, 0.3) is 0 Å². The fourth-order valence-corrected chi connectivity index (χ4v) is 1.59. The second-order valence-corrected chi connectivity index (χ2v) is 4.51. The number of aromatic nitrogens is 2. The van der Waals surface area contributed by atoms with Crippen LogP contribution in [0.3, 0.4) is 0 Å². The van der Waals surface area contributed by atoms with Crippen molar-refractivity contribution in [3.05, 3.63) is 47.4 Å². The van der Waals surface area contributed by atoms with Crippen LogP contribution < -0.4 is 11.1 Å². The minimum atomic E-state index is 0.250. The molecule has 18 heavy (non-hydrogen) atoms. The van der Waals surface area contributed by atoms with Gasteiger partial charge >= 0.3 is 0 Å². The van der Waals surface area contributed by atoms with Gasteiger partial charge in [-0.05, 0) is 37.1 Å². The number of anilines is 2. The molecule has 1 aromatic carbocycles. The summed E-state index contributed by atoms with van der Waals surface area (Å²) in [6.45, 7) is 4.15. The molecule has 1 aromatic heterocycles. The lowest BCUT2D eigenvalue weighted by Gasteiger charge is -2.08. The largest absolute Gasteiger partial charge is 0.388 e. The number of nitrogens with one attached hydrogen (secondary N) is 1. The maximum atomic E-state index is 5.46. The Kier molecular flexibility index (Phi) is 3.53. The number of nitrogens with zero attached hydrogens (tertiary/aromatic N) is 2. The van der Waals surface area contributed by atoms with E-state index in [1.165, 1.54) is 11.1 Å². The number of aryl methyl sites for hydroxylation is 2. The summed E-state index contributed by atoms with van der Waals surface area (Å²) < 4.78 is 0.